The molecule has 0 aliphatic carbocycles. The van der Waals surface area contributed by atoms with E-state index in [-0.39, 0.29) is 29.5 Å². The summed E-state index contributed by atoms with van der Waals surface area (Å²) in [6.07, 6.45) is -0.111. The predicted molar refractivity (Wildman–Crippen MR) is 67.8 cm³/mol. The number of halogens is 2. The minimum absolute atomic E-state index is 0.0926. The zero-order valence-corrected chi connectivity index (χ0v) is 11.7. The van der Waals surface area contributed by atoms with E-state index >= 15 is 0 Å². The number of benzene rings is 1. The molecule has 0 fully saturated rings. The average Bonchev–Trinajstić information content (AvgIpc) is 2.32. The van der Waals surface area contributed by atoms with Crippen molar-refractivity contribution in [1.82, 2.24) is 4.72 Å². The molecule has 0 unspecified atom stereocenters. The van der Waals surface area contributed by atoms with E-state index in [2.05, 4.69) is 9.46 Å². The minimum Gasteiger partial charge on any atom is -0.466 e. The molecule has 0 amide bonds. The van der Waals surface area contributed by atoms with E-state index in [9.17, 15) is 17.6 Å². The Kier molecular flexibility index (Phi) is 5.71. The number of carbonyl (C=O) groups is 1. The summed E-state index contributed by atoms with van der Waals surface area (Å²) >= 11 is 5.69. The number of esters is 1. The molecule has 1 N–H and O–H groups in total. The first-order valence-electron chi connectivity index (χ1n) is 5.47. The highest BCUT2D eigenvalue weighted by atomic mass is 35.5. The van der Waals surface area contributed by atoms with Crippen molar-refractivity contribution < 1.29 is 22.3 Å². The molecule has 1 aromatic carbocycles. The van der Waals surface area contributed by atoms with Gasteiger partial charge in [0.15, 0.2) is 0 Å². The van der Waals surface area contributed by atoms with Gasteiger partial charge in [-0.3, -0.25) is 4.79 Å². The molecule has 1 aromatic rings. The average molecular weight is 310 g/mol. The van der Waals surface area contributed by atoms with Gasteiger partial charge in [0.05, 0.1) is 18.1 Å². The van der Waals surface area contributed by atoms with Crippen LogP contribution in [-0.2, 0) is 19.6 Å². The number of ether oxygens (including phenoxy) is 1. The van der Waals surface area contributed by atoms with E-state index in [0.29, 0.717) is 0 Å². The second kappa shape index (κ2) is 6.83. The van der Waals surface area contributed by atoms with Crippen LogP contribution in [0.2, 0.25) is 5.02 Å². The summed E-state index contributed by atoms with van der Waals surface area (Å²) in [4.78, 5) is 10.7. The Balaban J connectivity index is 2.71. The van der Waals surface area contributed by atoms with Crippen molar-refractivity contribution in [3.05, 3.63) is 29.0 Å². The van der Waals surface area contributed by atoms with Crippen LogP contribution >= 0.6 is 11.6 Å². The maximum Gasteiger partial charge on any atom is 0.307 e. The fourth-order valence-electron chi connectivity index (χ4n) is 1.28. The van der Waals surface area contributed by atoms with Gasteiger partial charge < -0.3 is 4.74 Å². The third kappa shape index (κ3) is 4.77. The number of nitrogens with one attached hydrogen (secondary N) is 1. The molecule has 0 heterocycles. The lowest BCUT2D eigenvalue weighted by Crippen LogP contribution is -2.27. The van der Waals surface area contributed by atoms with Crippen molar-refractivity contribution in [2.45, 2.75) is 18.2 Å². The van der Waals surface area contributed by atoms with Gasteiger partial charge in [0, 0.05) is 6.54 Å². The molecule has 0 saturated carbocycles. The van der Waals surface area contributed by atoms with Crippen LogP contribution in [0.5, 0.6) is 0 Å². The largest absolute Gasteiger partial charge is 0.466 e. The molecule has 0 atom stereocenters. The Bertz CT molecular complexity index is 562. The molecule has 0 aliphatic rings. The highest BCUT2D eigenvalue weighted by Crippen LogP contribution is 2.21. The van der Waals surface area contributed by atoms with E-state index in [0.717, 1.165) is 18.2 Å². The SMILES string of the molecule is CCOC(=O)CCNS(=O)(=O)c1cc(F)ccc1Cl. The Morgan fingerprint density at radius 2 is 2.16 bits per heavy atom. The van der Waals surface area contributed by atoms with Crippen LogP contribution in [0.15, 0.2) is 23.1 Å². The molecule has 5 nitrogen and oxygen atoms in total. The Morgan fingerprint density at radius 1 is 1.47 bits per heavy atom. The molecule has 8 heteroatoms. The van der Waals surface area contributed by atoms with Gasteiger partial charge in [0.2, 0.25) is 10.0 Å². The van der Waals surface area contributed by atoms with Gasteiger partial charge in [-0.1, -0.05) is 11.6 Å². The first-order chi connectivity index (χ1) is 8.86. The second-order valence-electron chi connectivity index (χ2n) is 3.53. The third-order valence-electron chi connectivity index (χ3n) is 2.11. The summed E-state index contributed by atoms with van der Waals surface area (Å²) in [6.45, 7) is 1.73. The molecule has 19 heavy (non-hydrogen) atoms. The number of hydrogen-bond acceptors (Lipinski definition) is 4. The van der Waals surface area contributed by atoms with Crippen molar-refractivity contribution in [3.63, 3.8) is 0 Å². The van der Waals surface area contributed by atoms with Gasteiger partial charge >= 0.3 is 5.97 Å². The summed E-state index contributed by atoms with van der Waals surface area (Å²) in [5.74, 6) is -1.23. The van der Waals surface area contributed by atoms with Crippen LogP contribution in [0, 0.1) is 5.82 Å². The van der Waals surface area contributed by atoms with E-state index < -0.39 is 21.8 Å². The van der Waals surface area contributed by atoms with Crippen LogP contribution in [0.4, 0.5) is 4.39 Å². The van der Waals surface area contributed by atoms with Crippen molar-refractivity contribution in [3.8, 4) is 0 Å². The van der Waals surface area contributed by atoms with Crippen molar-refractivity contribution >= 4 is 27.6 Å². The van der Waals surface area contributed by atoms with E-state index in [1.54, 1.807) is 6.92 Å². The Hall–Kier alpha value is -1.18. The lowest BCUT2D eigenvalue weighted by Gasteiger charge is -2.08. The number of hydrogen-bond donors (Lipinski definition) is 1. The molecule has 106 valence electrons. The van der Waals surface area contributed by atoms with Gasteiger partial charge in [0.25, 0.3) is 0 Å². The van der Waals surface area contributed by atoms with Crippen molar-refractivity contribution in [2.24, 2.45) is 0 Å². The van der Waals surface area contributed by atoms with Crippen LogP contribution in [0.25, 0.3) is 0 Å². The van der Waals surface area contributed by atoms with Crippen LogP contribution in [-0.4, -0.2) is 27.5 Å². The maximum absolute atomic E-state index is 13.0. The summed E-state index contributed by atoms with van der Waals surface area (Å²) in [5.41, 5.74) is 0. The molecule has 0 bridgehead atoms. The first-order valence-corrected chi connectivity index (χ1v) is 7.33. The lowest BCUT2D eigenvalue weighted by atomic mass is 10.3. The molecule has 0 aromatic heterocycles. The third-order valence-corrected chi connectivity index (χ3v) is 4.05. The zero-order chi connectivity index (χ0) is 14.5. The fourth-order valence-corrected chi connectivity index (χ4v) is 2.82. The van der Waals surface area contributed by atoms with Gasteiger partial charge in [-0.15, -0.1) is 0 Å². The molecule has 0 aliphatic heterocycles. The standard InChI is InChI=1S/C11H13ClFNO4S/c1-2-18-11(15)5-6-14-19(16,17)10-7-8(13)3-4-9(10)12/h3-4,7,14H,2,5-6H2,1H3. The fraction of sp³-hybridized carbons (Fsp3) is 0.364. The van der Waals surface area contributed by atoms with Gasteiger partial charge in [0.1, 0.15) is 10.7 Å². The van der Waals surface area contributed by atoms with E-state index in [4.69, 9.17) is 11.6 Å². The summed E-state index contributed by atoms with van der Waals surface area (Å²) < 4.78 is 43.5. The van der Waals surface area contributed by atoms with Gasteiger partial charge in [-0.25, -0.2) is 17.5 Å². The quantitative estimate of drug-likeness (QED) is 0.812. The first kappa shape index (κ1) is 15.9. The monoisotopic (exact) mass is 309 g/mol. The van der Waals surface area contributed by atoms with Gasteiger partial charge in [-0.05, 0) is 25.1 Å². The summed E-state index contributed by atoms with van der Waals surface area (Å²) in [5, 5.41) is -0.0926. The molecule has 0 spiro atoms. The number of carbonyl (C=O) groups excluding carboxylic acids is 1. The van der Waals surface area contributed by atoms with Crippen LogP contribution in [0.1, 0.15) is 13.3 Å². The van der Waals surface area contributed by atoms with Crippen LogP contribution < -0.4 is 4.72 Å². The molecular weight excluding hydrogens is 297 g/mol. The molecule has 0 radical (unpaired) electrons. The summed E-state index contributed by atoms with van der Waals surface area (Å²) in [7, 11) is -3.95. The predicted octanol–water partition coefficient (Wildman–Crippen LogP) is 1.71. The lowest BCUT2D eigenvalue weighted by molar-refractivity contribution is -0.142. The Morgan fingerprint density at radius 3 is 2.79 bits per heavy atom. The smallest absolute Gasteiger partial charge is 0.307 e. The topological polar surface area (TPSA) is 72.5 Å². The van der Waals surface area contributed by atoms with Crippen molar-refractivity contribution in [2.75, 3.05) is 13.2 Å². The Labute approximate surface area is 115 Å². The number of rotatable bonds is 6. The van der Waals surface area contributed by atoms with E-state index in [1.165, 1.54) is 0 Å². The maximum atomic E-state index is 13.0. The normalized spacial score (nSPS) is 11.3. The molecule has 1 rings (SSSR count). The van der Waals surface area contributed by atoms with Gasteiger partial charge in [-0.2, -0.15) is 0 Å². The zero-order valence-electron chi connectivity index (χ0n) is 10.2. The van der Waals surface area contributed by atoms with Crippen molar-refractivity contribution in [1.29, 1.82) is 0 Å². The highest BCUT2D eigenvalue weighted by Gasteiger charge is 2.18. The minimum atomic E-state index is -3.95. The molecular formula is C11H13ClFNO4S. The van der Waals surface area contributed by atoms with E-state index in [1.807, 2.05) is 0 Å². The van der Waals surface area contributed by atoms with Crippen LogP contribution in [0.3, 0.4) is 0 Å². The molecule has 0 saturated heterocycles. The second-order valence-corrected chi connectivity index (χ2v) is 5.67. The summed E-state index contributed by atoms with van der Waals surface area (Å²) in [6, 6.07) is 3.02. The highest BCUT2D eigenvalue weighted by molar-refractivity contribution is 7.89. The number of sulfonamides is 1.